The van der Waals surface area contributed by atoms with Gasteiger partial charge in [0.05, 0.1) is 16.8 Å². The predicted octanol–water partition coefficient (Wildman–Crippen LogP) is 3.63. The van der Waals surface area contributed by atoms with Crippen LogP contribution < -0.4 is 10.6 Å². The Kier molecular flexibility index (Phi) is 4.67. The number of nitrogens with one attached hydrogen (secondary N) is 2. The van der Waals surface area contributed by atoms with Gasteiger partial charge >= 0.3 is 0 Å². The van der Waals surface area contributed by atoms with E-state index >= 15 is 0 Å². The van der Waals surface area contributed by atoms with Gasteiger partial charge in [-0.15, -0.1) is 0 Å². The summed E-state index contributed by atoms with van der Waals surface area (Å²) < 4.78 is 0. The molecular weight excluding hydrogens is 322 g/mol. The van der Waals surface area contributed by atoms with Crippen LogP contribution in [0.25, 0.3) is 22.2 Å². The Morgan fingerprint density at radius 1 is 1.12 bits per heavy atom. The van der Waals surface area contributed by atoms with Crippen molar-refractivity contribution in [2.75, 3.05) is 13.1 Å². The average Bonchev–Trinajstić information content (AvgIpc) is 2.69. The van der Waals surface area contributed by atoms with Crippen LogP contribution in [-0.4, -0.2) is 30.0 Å². The lowest BCUT2D eigenvalue weighted by atomic mass is 9.94. The molecule has 0 aliphatic carbocycles. The highest BCUT2D eigenvalue weighted by Crippen LogP contribution is 2.25. The van der Waals surface area contributed by atoms with Crippen LogP contribution in [0.15, 0.2) is 60.7 Å². The molecule has 0 spiro atoms. The first-order valence-electron chi connectivity index (χ1n) is 9.19. The van der Waals surface area contributed by atoms with E-state index in [1.54, 1.807) is 0 Å². The Morgan fingerprint density at radius 2 is 1.88 bits per heavy atom. The lowest BCUT2D eigenvalue weighted by Gasteiger charge is -2.30. The molecule has 2 N–H and O–H groups in total. The van der Waals surface area contributed by atoms with Crippen molar-refractivity contribution in [3.05, 3.63) is 66.2 Å². The molecule has 1 amide bonds. The van der Waals surface area contributed by atoms with Gasteiger partial charge in [-0.3, -0.25) is 4.79 Å². The summed E-state index contributed by atoms with van der Waals surface area (Å²) in [5.41, 5.74) is 3.38. The highest BCUT2D eigenvalue weighted by atomic mass is 16.1. The van der Waals surface area contributed by atoms with Gasteiger partial charge in [0.15, 0.2) is 0 Å². The van der Waals surface area contributed by atoms with Crippen LogP contribution >= 0.6 is 0 Å². The van der Waals surface area contributed by atoms with Crippen LogP contribution in [0.5, 0.6) is 0 Å². The number of rotatable bonds is 3. The highest BCUT2D eigenvalue weighted by Gasteiger charge is 2.24. The van der Waals surface area contributed by atoms with Gasteiger partial charge in [0.2, 0.25) is 0 Å². The number of pyridine rings is 1. The Morgan fingerprint density at radius 3 is 2.69 bits per heavy atom. The van der Waals surface area contributed by atoms with Gasteiger partial charge in [-0.1, -0.05) is 55.5 Å². The first-order chi connectivity index (χ1) is 12.7. The molecule has 4 nitrogen and oxygen atoms in total. The van der Waals surface area contributed by atoms with Gasteiger partial charge in [-0.05, 0) is 37.6 Å². The monoisotopic (exact) mass is 345 g/mol. The molecule has 1 aliphatic rings. The van der Waals surface area contributed by atoms with Crippen molar-refractivity contribution in [1.29, 1.82) is 0 Å². The summed E-state index contributed by atoms with van der Waals surface area (Å²) in [7, 11) is 0. The van der Waals surface area contributed by atoms with Crippen molar-refractivity contribution in [2.24, 2.45) is 5.92 Å². The molecule has 2 unspecified atom stereocenters. The second-order valence-electron chi connectivity index (χ2n) is 6.99. The first-order valence-corrected chi connectivity index (χ1v) is 9.19. The highest BCUT2D eigenvalue weighted by molar-refractivity contribution is 6.07. The van der Waals surface area contributed by atoms with Crippen molar-refractivity contribution in [3.8, 4) is 11.3 Å². The van der Waals surface area contributed by atoms with E-state index in [-0.39, 0.29) is 11.9 Å². The number of hydrogen-bond donors (Lipinski definition) is 2. The number of nitrogens with zero attached hydrogens (tertiary/aromatic N) is 1. The Hall–Kier alpha value is -2.72. The average molecular weight is 345 g/mol. The summed E-state index contributed by atoms with van der Waals surface area (Å²) >= 11 is 0. The van der Waals surface area contributed by atoms with Crippen LogP contribution in [-0.2, 0) is 0 Å². The molecule has 26 heavy (non-hydrogen) atoms. The Bertz CT molecular complexity index is 923. The maximum Gasteiger partial charge on any atom is 0.252 e. The van der Waals surface area contributed by atoms with Crippen LogP contribution in [0.2, 0.25) is 0 Å². The molecule has 1 saturated heterocycles. The van der Waals surface area contributed by atoms with Gasteiger partial charge in [0.1, 0.15) is 0 Å². The van der Waals surface area contributed by atoms with E-state index in [2.05, 4.69) is 17.6 Å². The molecule has 0 radical (unpaired) electrons. The summed E-state index contributed by atoms with van der Waals surface area (Å²) in [5.74, 6) is 0.411. The maximum absolute atomic E-state index is 13.1. The van der Waals surface area contributed by atoms with E-state index in [0.717, 1.165) is 41.7 Å². The standard InChI is InChI=1S/C22H23N3O/c1-15-14-23-12-11-19(15)25-22(26)18-13-21(16-7-3-2-4-8-16)24-20-10-6-5-9-17(18)20/h2-10,13,15,19,23H,11-12,14H2,1H3,(H,25,26). The van der Waals surface area contributed by atoms with E-state index in [0.29, 0.717) is 11.5 Å². The smallest absolute Gasteiger partial charge is 0.252 e. The third-order valence-electron chi connectivity index (χ3n) is 5.13. The van der Waals surface area contributed by atoms with Crippen molar-refractivity contribution < 1.29 is 4.79 Å². The van der Waals surface area contributed by atoms with Crippen molar-refractivity contribution in [1.82, 2.24) is 15.6 Å². The minimum Gasteiger partial charge on any atom is -0.349 e. The molecule has 2 aromatic carbocycles. The summed E-state index contributed by atoms with van der Waals surface area (Å²) in [6, 6.07) is 20.0. The predicted molar refractivity (Wildman–Crippen MR) is 105 cm³/mol. The molecule has 1 fully saturated rings. The molecule has 1 aromatic heterocycles. The second-order valence-corrected chi connectivity index (χ2v) is 6.99. The molecule has 3 aromatic rings. The topological polar surface area (TPSA) is 54.0 Å². The van der Waals surface area contributed by atoms with E-state index in [9.17, 15) is 4.79 Å². The largest absolute Gasteiger partial charge is 0.349 e. The molecule has 4 rings (SSSR count). The zero-order valence-corrected chi connectivity index (χ0v) is 14.9. The lowest BCUT2D eigenvalue weighted by molar-refractivity contribution is 0.0916. The second kappa shape index (κ2) is 7.26. The van der Waals surface area contributed by atoms with Crippen LogP contribution in [0.4, 0.5) is 0 Å². The van der Waals surface area contributed by atoms with Gasteiger partial charge in [0, 0.05) is 17.0 Å². The zero-order chi connectivity index (χ0) is 17.9. The van der Waals surface area contributed by atoms with Crippen molar-refractivity contribution >= 4 is 16.8 Å². The van der Waals surface area contributed by atoms with Crippen LogP contribution in [0.1, 0.15) is 23.7 Å². The summed E-state index contributed by atoms with van der Waals surface area (Å²) in [6.45, 7) is 4.07. The van der Waals surface area contributed by atoms with E-state index < -0.39 is 0 Å². The van der Waals surface area contributed by atoms with Crippen molar-refractivity contribution in [3.63, 3.8) is 0 Å². The molecule has 0 bridgehead atoms. The minimum absolute atomic E-state index is 0.0143. The number of hydrogen-bond acceptors (Lipinski definition) is 3. The van der Waals surface area contributed by atoms with Gasteiger partial charge in [-0.2, -0.15) is 0 Å². The quantitative estimate of drug-likeness (QED) is 0.762. The van der Waals surface area contributed by atoms with Gasteiger partial charge < -0.3 is 10.6 Å². The number of amides is 1. The van der Waals surface area contributed by atoms with Crippen LogP contribution in [0, 0.1) is 5.92 Å². The fraction of sp³-hybridized carbons (Fsp3) is 0.273. The summed E-state index contributed by atoms with van der Waals surface area (Å²) in [4.78, 5) is 17.9. The van der Waals surface area contributed by atoms with Gasteiger partial charge in [-0.25, -0.2) is 4.98 Å². The summed E-state index contributed by atoms with van der Waals surface area (Å²) in [6.07, 6.45) is 0.960. The summed E-state index contributed by atoms with van der Waals surface area (Å²) in [5, 5.41) is 7.52. The van der Waals surface area contributed by atoms with Crippen molar-refractivity contribution in [2.45, 2.75) is 19.4 Å². The van der Waals surface area contributed by atoms with E-state index in [1.165, 1.54) is 0 Å². The minimum atomic E-state index is -0.0143. The Labute approximate surface area is 153 Å². The molecular formula is C22H23N3O. The molecule has 132 valence electrons. The van der Waals surface area contributed by atoms with Crippen LogP contribution in [0.3, 0.4) is 0 Å². The van der Waals surface area contributed by atoms with Gasteiger partial charge in [0.25, 0.3) is 5.91 Å². The number of carbonyl (C=O) groups is 1. The molecule has 2 atom stereocenters. The molecule has 2 heterocycles. The fourth-order valence-corrected chi connectivity index (χ4v) is 3.59. The fourth-order valence-electron chi connectivity index (χ4n) is 3.59. The number of fused-ring (bicyclic) bond motifs is 1. The maximum atomic E-state index is 13.1. The third-order valence-corrected chi connectivity index (χ3v) is 5.13. The number of aromatic nitrogens is 1. The third kappa shape index (κ3) is 3.33. The first kappa shape index (κ1) is 16.7. The lowest BCUT2D eigenvalue weighted by Crippen LogP contribution is -2.48. The normalized spacial score (nSPS) is 20.0. The Balaban J connectivity index is 1.74. The number of benzene rings is 2. The number of para-hydroxylation sites is 1. The molecule has 1 aliphatic heterocycles. The number of carbonyl (C=O) groups excluding carboxylic acids is 1. The SMILES string of the molecule is CC1CNCCC1NC(=O)c1cc(-c2ccccc2)nc2ccccc12. The zero-order valence-electron chi connectivity index (χ0n) is 14.9. The van der Waals surface area contributed by atoms with E-state index in [1.807, 2.05) is 60.7 Å². The number of piperidine rings is 1. The molecule has 4 heteroatoms. The molecule has 0 saturated carbocycles. The van der Waals surface area contributed by atoms with E-state index in [4.69, 9.17) is 4.98 Å².